The van der Waals surface area contributed by atoms with Crippen molar-refractivity contribution in [2.75, 3.05) is 7.05 Å². The van der Waals surface area contributed by atoms with Crippen LogP contribution >= 0.6 is 11.3 Å². The van der Waals surface area contributed by atoms with Gasteiger partial charge in [-0.3, -0.25) is 4.99 Å². The monoisotopic (exact) mass is 166 g/mol. The Morgan fingerprint density at radius 3 is 3.18 bits per heavy atom. The summed E-state index contributed by atoms with van der Waals surface area (Å²) in [6.07, 6.45) is 6.43. The topological polar surface area (TPSA) is 25.2 Å². The van der Waals surface area contributed by atoms with Crippen LogP contribution in [0.5, 0.6) is 0 Å². The fraction of sp³-hybridized carbons (Fsp3) is 0.500. The van der Waals surface area contributed by atoms with E-state index in [1.807, 2.05) is 12.4 Å². The molecule has 0 atom stereocenters. The summed E-state index contributed by atoms with van der Waals surface area (Å²) in [6.45, 7) is 0. The molecular weight excluding hydrogens is 156 g/mol. The average molecular weight is 166 g/mol. The quantitative estimate of drug-likeness (QED) is 0.617. The highest BCUT2D eigenvalue weighted by Crippen LogP contribution is 2.41. The van der Waals surface area contributed by atoms with Gasteiger partial charge in [0, 0.05) is 25.4 Å². The highest BCUT2D eigenvalue weighted by molar-refractivity contribution is 7.13. The zero-order chi connectivity index (χ0) is 7.68. The molecule has 1 fully saturated rings. The lowest BCUT2D eigenvalue weighted by Crippen LogP contribution is -1.70. The molecule has 1 aromatic rings. The first-order chi connectivity index (χ1) is 5.40. The van der Waals surface area contributed by atoms with Gasteiger partial charge in [-0.05, 0) is 12.8 Å². The van der Waals surface area contributed by atoms with Crippen LogP contribution < -0.4 is 0 Å². The van der Waals surface area contributed by atoms with Crippen LogP contribution in [0.3, 0.4) is 0 Å². The molecule has 1 aromatic heterocycles. The number of rotatable bonds is 2. The van der Waals surface area contributed by atoms with E-state index < -0.39 is 0 Å². The first-order valence-electron chi connectivity index (χ1n) is 3.78. The van der Waals surface area contributed by atoms with Gasteiger partial charge in [0.2, 0.25) is 0 Å². The van der Waals surface area contributed by atoms with Crippen LogP contribution in [-0.2, 0) is 0 Å². The lowest BCUT2D eigenvalue weighted by atomic mass is 10.5. The molecule has 3 heteroatoms. The molecule has 11 heavy (non-hydrogen) atoms. The largest absolute Gasteiger partial charge is 0.295 e. The Kier molecular flexibility index (Phi) is 1.74. The van der Waals surface area contributed by atoms with Crippen molar-refractivity contribution >= 4 is 17.6 Å². The summed E-state index contributed by atoms with van der Waals surface area (Å²) < 4.78 is 0. The number of thiazole rings is 1. The fourth-order valence-corrected chi connectivity index (χ4v) is 2.02. The Labute approximate surface area is 70.0 Å². The van der Waals surface area contributed by atoms with Gasteiger partial charge in [0.05, 0.1) is 9.88 Å². The molecule has 1 aliphatic rings. The summed E-state index contributed by atoms with van der Waals surface area (Å²) in [6, 6.07) is 0. The van der Waals surface area contributed by atoms with Crippen LogP contribution in [0, 0.1) is 0 Å². The molecule has 0 saturated heterocycles. The molecule has 0 radical (unpaired) electrons. The maximum absolute atomic E-state index is 4.32. The molecule has 1 heterocycles. The van der Waals surface area contributed by atoms with E-state index in [4.69, 9.17) is 0 Å². The van der Waals surface area contributed by atoms with Crippen LogP contribution in [0.15, 0.2) is 11.2 Å². The molecule has 0 amide bonds. The summed E-state index contributed by atoms with van der Waals surface area (Å²) in [5, 5.41) is 1.29. The molecule has 0 bridgehead atoms. The molecule has 0 N–H and O–H groups in total. The van der Waals surface area contributed by atoms with Gasteiger partial charge in [-0.15, -0.1) is 11.3 Å². The van der Waals surface area contributed by atoms with Gasteiger partial charge >= 0.3 is 0 Å². The van der Waals surface area contributed by atoms with Gasteiger partial charge in [0.1, 0.15) is 0 Å². The molecular formula is C8H10N2S. The summed E-state index contributed by atoms with van der Waals surface area (Å²) in [7, 11) is 1.79. The first-order valence-corrected chi connectivity index (χ1v) is 4.59. The van der Waals surface area contributed by atoms with Crippen molar-refractivity contribution in [3.05, 3.63) is 16.1 Å². The van der Waals surface area contributed by atoms with Crippen molar-refractivity contribution < 1.29 is 0 Å². The third-order valence-corrected chi connectivity index (χ3v) is 2.82. The van der Waals surface area contributed by atoms with Gasteiger partial charge in [0.25, 0.3) is 0 Å². The third-order valence-electron chi connectivity index (χ3n) is 1.72. The third kappa shape index (κ3) is 1.48. The van der Waals surface area contributed by atoms with Crippen LogP contribution in [-0.4, -0.2) is 18.2 Å². The van der Waals surface area contributed by atoms with E-state index in [2.05, 4.69) is 9.98 Å². The summed E-state index contributed by atoms with van der Waals surface area (Å²) >= 11 is 1.77. The molecule has 0 aliphatic heterocycles. The fourth-order valence-electron chi connectivity index (χ4n) is 1.01. The van der Waals surface area contributed by atoms with Gasteiger partial charge in [-0.2, -0.15) is 0 Å². The van der Waals surface area contributed by atoms with E-state index in [1.54, 1.807) is 18.4 Å². The lowest BCUT2D eigenvalue weighted by molar-refractivity contribution is 1.08. The van der Waals surface area contributed by atoms with Crippen molar-refractivity contribution in [3.63, 3.8) is 0 Å². The van der Waals surface area contributed by atoms with Crippen molar-refractivity contribution in [2.45, 2.75) is 18.8 Å². The van der Waals surface area contributed by atoms with E-state index in [-0.39, 0.29) is 0 Å². The standard InChI is InChI=1S/C8H10N2S/c1-9-4-7-5-10-8(11-7)6-2-3-6/h4-6H,2-3H2,1H3/b9-4+. The minimum atomic E-state index is 0.777. The summed E-state index contributed by atoms with van der Waals surface area (Å²) in [5.74, 6) is 0.777. The minimum absolute atomic E-state index is 0.777. The SMILES string of the molecule is C/N=C/c1cnc(C2CC2)s1. The Morgan fingerprint density at radius 1 is 1.73 bits per heavy atom. The Bertz CT molecular complexity index is 273. The second-order valence-electron chi connectivity index (χ2n) is 2.76. The van der Waals surface area contributed by atoms with E-state index >= 15 is 0 Å². The predicted molar refractivity (Wildman–Crippen MR) is 47.6 cm³/mol. The zero-order valence-electron chi connectivity index (χ0n) is 6.45. The molecule has 0 spiro atoms. The van der Waals surface area contributed by atoms with Crippen molar-refractivity contribution in [1.82, 2.24) is 4.98 Å². The normalized spacial score (nSPS) is 17.9. The second-order valence-corrected chi connectivity index (χ2v) is 3.86. The van der Waals surface area contributed by atoms with Gasteiger partial charge in [-0.25, -0.2) is 4.98 Å². The smallest absolute Gasteiger partial charge is 0.0962 e. The predicted octanol–water partition coefficient (Wildman–Crippen LogP) is 2.07. The Hall–Kier alpha value is -0.700. The maximum Gasteiger partial charge on any atom is 0.0962 e. The Balaban J connectivity index is 2.18. The average Bonchev–Trinajstić information content (AvgIpc) is 2.75. The van der Waals surface area contributed by atoms with E-state index in [9.17, 15) is 0 Å². The number of nitrogens with zero attached hydrogens (tertiary/aromatic N) is 2. The van der Waals surface area contributed by atoms with Crippen molar-refractivity contribution in [1.29, 1.82) is 0 Å². The summed E-state index contributed by atoms with van der Waals surface area (Å²) in [5.41, 5.74) is 0. The van der Waals surface area contributed by atoms with Gasteiger partial charge < -0.3 is 0 Å². The van der Waals surface area contributed by atoms with Crippen LogP contribution in [0.25, 0.3) is 0 Å². The van der Waals surface area contributed by atoms with Crippen LogP contribution in [0.4, 0.5) is 0 Å². The second kappa shape index (κ2) is 2.74. The van der Waals surface area contributed by atoms with E-state index in [0.717, 1.165) is 5.92 Å². The number of aliphatic imine (C=N–C) groups is 1. The van der Waals surface area contributed by atoms with E-state index in [1.165, 1.54) is 22.7 Å². The highest BCUT2D eigenvalue weighted by atomic mass is 32.1. The molecule has 0 aromatic carbocycles. The van der Waals surface area contributed by atoms with Crippen LogP contribution in [0.2, 0.25) is 0 Å². The molecule has 2 rings (SSSR count). The Morgan fingerprint density at radius 2 is 2.55 bits per heavy atom. The van der Waals surface area contributed by atoms with Crippen molar-refractivity contribution in [2.24, 2.45) is 4.99 Å². The number of aromatic nitrogens is 1. The van der Waals surface area contributed by atoms with Crippen molar-refractivity contribution in [3.8, 4) is 0 Å². The molecule has 58 valence electrons. The van der Waals surface area contributed by atoms with E-state index in [0.29, 0.717) is 0 Å². The first kappa shape index (κ1) is 6.98. The van der Waals surface area contributed by atoms with Gasteiger partial charge in [0.15, 0.2) is 0 Å². The zero-order valence-corrected chi connectivity index (χ0v) is 7.27. The molecule has 0 unspecified atom stereocenters. The number of hydrogen-bond acceptors (Lipinski definition) is 3. The van der Waals surface area contributed by atoms with Gasteiger partial charge in [-0.1, -0.05) is 0 Å². The minimum Gasteiger partial charge on any atom is -0.295 e. The summed E-state index contributed by atoms with van der Waals surface area (Å²) in [4.78, 5) is 9.44. The molecule has 1 saturated carbocycles. The number of hydrogen-bond donors (Lipinski definition) is 0. The lowest BCUT2D eigenvalue weighted by Gasteiger charge is -1.82. The van der Waals surface area contributed by atoms with Crippen LogP contribution in [0.1, 0.15) is 28.6 Å². The maximum atomic E-state index is 4.32. The molecule has 2 nitrogen and oxygen atoms in total. The highest BCUT2D eigenvalue weighted by Gasteiger charge is 2.26. The molecule has 1 aliphatic carbocycles.